The number of methoxy groups -OCH3 is 2. The minimum Gasteiger partial charge on any atom is -0.497 e. The standard InChI is InChI=1S/C24H28N4O3/c1-4-5-10-23(29)27-20(17-11-13-18(30-2)14-12-17)15-21(28-24(27)25-16-26-28)19-8-6-7-9-22(19)31-3/h6-9,11-14,16,20-21H,4-5,10,15H2,1-3H3/t20-,21+/m1/s1. The number of ether oxygens (including phenoxy) is 2. The molecule has 2 aromatic carbocycles. The Morgan fingerprint density at radius 1 is 1.06 bits per heavy atom. The van der Waals surface area contributed by atoms with Gasteiger partial charge < -0.3 is 9.47 Å². The maximum Gasteiger partial charge on any atom is 0.231 e. The molecule has 1 amide bonds. The molecule has 0 radical (unpaired) electrons. The summed E-state index contributed by atoms with van der Waals surface area (Å²) in [5.41, 5.74) is 2.07. The van der Waals surface area contributed by atoms with E-state index in [0.717, 1.165) is 35.5 Å². The molecule has 3 aromatic rings. The van der Waals surface area contributed by atoms with Crippen molar-refractivity contribution in [1.29, 1.82) is 0 Å². The summed E-state index contributed by atoms with van der Waals surface area (Å²) in [4.78, 5) is 19.6. The average molecular weight is 421 g/mol. The molecule has 7 heteroatoms. The van der Waals surface area contributed by atoms with E-state index in [1.165, 1.54) is 6.33 Å². The number of unbranched alkanes of at least 4 members (excludes halogenated alkanes) is 1. The first-order chi connectivity index (χ1) is 15.2. The molecule has 0 aliphatic carbocycles. The van der Waals surface area contributed by atoms with Crippen LogP contribution < -0.4 is 14.4 Å². The molecule has 0 fully saturated rings. The van der Waals surface area contributed by atoms with E-state index in [4.69, 9.17) is 9.47 Å². The Kier molecular flexibility index (Phi) is 6.21. The van der Waals surface area contributed by atoms with Gasteiger partial charge in [-0.05, 0) is 36.6 Å². The number of hydrogen-bond acceptors (Lipinski definition) is 5. The van der Waals surface area contributed by atoms with Gasteiger partial charge in [0.2, 0.25) is 11.9 Å². The average Bonchev–Trinajstić information content (AvgIpc) is 3.31. The van der Waals surface area contributed by atoms with Crippen LogP contribution >= 0.6 is 0 Å². The van der Waals surface area contributed by atoms with Gasteiger partial charge in [0.05, 0.1) is 26.3 Å². The molecule has 0 unspecified atom stereocenters. The summed E-state index contributed by atoms with van der Waals surface area (Å²) >= 11 is 0. The summed E-state index contributed by atoms with van der Waals surface area (Å²) in [6, 6.07) is 15.6. The van der Waals surface area contributed by atoms with Crippen molar-refractivity contribution in [2.45, 2.75) is 44.7 Å². The molecule has 31 heavy (non-hydrogen) atoms. The molecule has 1 aliphatic heterocycles. The molecule has 2 heterocycles. The van der Waals surface area contributed by atoms with Gasteiger partial charge in [-0.25, -0.2) is 4.68 Å². The Morgan fingerprint density at radius 3 is 2.55 bits per heavy atom. The van der Waals surface area contributed by atoms with Gasteiger partial charge in [-0.1, -0.05) is 43.7 Å². The van der Waals surface area contributed by atoms with E-state index < -0.39 is 0 Å². The Bertz CT molecular complexity index is 1030. The normalized spacial score (nSPS) is 17.8. The van der Waals surface area contributed by atoms with Gasteiger partial charge in [-0.15, -0.1) is 0 Å². The topological polar surface area (TPSA) is 69.5 Å². The molecule has 162 valence electrons. The van der Waals surface area contributed by atoms with Crippen molar-refractivity contribution in [2.75, 3.05) is 19.1 Å². The molecule has 7 nitrogen and oxygen atoms in total. The third kappa shape index (κ3) is 4.00. The van der Waals surface area contributed by atoms with Crippen LogP contribution in [0.25, 0.3) is 0 Å². The predicted octanol–water partition coefficient (Wildman–Crippen LogP) is 4.55. The first-order valence-electron chi connectivity index (χ1n) is 10.7. The molecule has 0 saturated heterocycles. The van der Waals surface area contributed by atoms with Crippen molar-refractivity contribution < 1.29 is 14.3 Å². The first-order valence-corrected chi connectivity index (χ1v) is 10.7. The Hall–Kier alpha value is -3.35. The number of anilines is 1. The van der Waals surface area contributed by atoms with E-state index in [0.29, 0.717) is 18.8 Å². The number of aromatic nitrogens is 3. The maximum atomic E-state index is 13.3. The van der Waals surface area contributed by atoms with Gasteiger partial charge >= 0.3 is 0 Å². The number of nitrogens with zero attached hydrogens (tertiary/aromatic N) is 4. The highest BCUT2D eigenvalue weighted by Crippen LogP contribution is 2.44. The summed E-state index contributed by atoms with van der Waals surface area (Å²) in [5.74, 6) is 2.22. The molecule has 0 spiro atoms. The predicted molar refractivity (Wildman–Crippen MR) is 119 cm³/mol. The number of benzene rings is 2. The van der Waals surface area contributed by atoms with Crippen LogP contribution in [-0.2, 0) is 4.79 Å². The molecule has 0 bridgehead atoms. The number of hydrogen-bond donors (Lipinski definition) is 0. The van der Waals surface area contributed by atoms with Crippen LogP contribution in [0.5, 0.6) is 11.5 Å². The number of fused-ring (bicyclic) bond motifs is 1. The van der Waals surface area contributed by atoms with E-state index >= 15 is 0 Å². The fourth-order valence-electron chi connectivity index (χ4n) is 4.24. The van der Waals surface area contributed by atoms with Crippen LogP contribution in [0, 0.1) is 0 Å². The van der Waals surface area contributed by atoms with Crippen LogP contribution in [0.15, 0.2) is 54.9 Å². The lowest BCUT2D eigenvalue weighted by Gasteiger charge is -2.39. The van der Waals surface area contributed by atoms with Crippen LogP contribution in [0.4, 0.5) is 5.95 Å². The molecule has 2 atom stereocenters. The summed E-state index contributed by atoms with van der Waals surface area (Å²) in [7, 11) is 3.32. The molecule has 0 N–H and O–H groups in total. The zero-order valence-electron chi connectivity index (χ0n) is 18.2. The molecular formula is C24H28N4O3. The van der Waals surface area contributed by atoms with E-state index in [2.05, 4.69) is 23.1 Å². The minimum atomic E-state index is -0.165. The van der Waals surface area contributed by atoms with Crippen LogP contribution in [0.1, 0.15) is 55.8 Å². The van der Waals surface area contributed by atoms with E-state index in [-0.39, 0.29) is 18.0 Å². The quantitative estimate of drug-likeness (QED) is 0.561. The van der Waals surface area contributed by atoms with Gasteiger partial charge in [0.25, 0.3) is 0 Å². The van der Waals surface area contributed by atoms with Crippen molar-refractivity contribution in [2.24, 2.45) is 0 Å². The zero-order chi connectivity index (χ0) is 21.8. The van der Waals surface area contributed by atoms with Crippen molar-refractivity contribution in [3.63, 3.8) is 0 Å². The number of para-hydroxylation sites is 1. The minimum absolute atomic E-state index is 0.0652. The third-order valence-corrected chi connectivity index (χ3v) is 5.83. The van der Waals surface area contributed by atoms with Crippen LogP contribution in [0.3, 0.4) is 0 Å². The molecule has 1 aliphatic rings. The van der Waals surface area contributed by atoms with Crippen LogP contribution in [0.2, 0.25) is 0 Å². The summed E-state index contributed by atoms with van der Waals surface area (Å²) in [5, 5.41) is 4.49. The number of amides is 1. The largest absolute Gasteiger partial charge is 0.497 e. The fraction of sp³-hybridized carbons (Fsp3) is 0.375. The highest BCUT2D eigenvalue weighted by atomic mass is 16.5. The fourth-order valence-corrected chi connectivity index (χ4v) is 4.24. The molecule has 1 aromatic heterocycles. The number of rotatable bonds is 7. The summed E-state index contributed by atoms with van der Waals surface area (Å²) < 4.78 is 12.8. The summed E-state index contributed by atoms with van der Waals surface area (Å²) in [6.45, 7) is 2.09. The molecule has 0 saturated carbocycles. The zero-order valence-corrected chi connectivity index (χ0v) is 18.2. The summed E-state index contributed by atoms with van der Waals surface area (Å²) in [6.07, 6.45) is 4.47. The van der Waals surface area contributed by atoms with Crippen LogP contribution in [-0.4, -0.2) is 34.9 Å². The lowest BCUT2D eigenvalue weighted by atomic mass is 9.91. The van der Waals surface area contributed by atoms with Crippen molar-refractivity contribution in [1.82, 2.24) is 14.8 Å². The number of carbonyl (C=O) groups excluding carboxylic acids is 1. The number of carbonyl (C=O) groups is 1. The third-order valence-electron chi connectivity index (χ3n) is 5.83. The van der Waals surface area contributed by atoms with Gasteiger partial charge in [-0.2, -0.15) is 10.1 Å². The first kappa shape index (κ1) is 20.9. The van der Waals surface area contributed by atoms with Crippen molar-refractivity contribution in [3.05, 3.63) is 66.0 Å². The Labute approximate surface area is 182 Å². The molecular weight excluding hydrogens is 392 g/mol. The highest BCUT2D eigenvalue weighted by molar-refractivity contribution is 5.92. The Balaban J connectivity index is 1.81. The highest BCUT2D eigenvalue weighted by Gasteiger charge is 2.39. The van der Waals surface area contributed by atoms with E-state index in [9.17, 15) is 4.79 Å². The van der Waals surface area contributed by atoms with Gasteiger partial charge in [0.15, 0.2) is 0 Å². The van der Waals surface area contributed by atoms with Gasteiger partial charge in [0, 0.05) is 12.0 Å². The van der Waals surface area contributed by atoms with Crippen molar-refractivity contribution >= 4 is 11.9 Å². The second-order valence-corrected chi connectivity index (χ2v) is 7.65. The van der Waals surface area contributed by atoms with Gasteiger partial charge in [0.1, 0.15) is 17.8 Å². The second kappa shape index (κ2) is 9.20. The smallest absolute Gasteiger partial charge is 0.231 e. The second-order valence-electron chi connectivity index (χ2n) is 7.65. The van der Waals surface area contributed by atoms with Crippen molar-refractivity contribution in [3.8, 4) is 11.5 Å². The molecule has 4 rings (SSSR count). The van der Waals surface area contributed by atoms with E-state index in [1.54, 1.807) is 14.2 Å². The van der Waals surface area contributed by atoms with Gasteiger partial charge in [-0.3, -0.25) is 9.69 Å². The SMILES string of the molecule is CCCCC(=O)N1c2ncnn2[C@H](c2ccccc2OC)C[C@@H]1c1ccc(OC)cc1. The monoisotopic (exact) mass is 420 g/mol. The lowest BCUT2D eigenvalue weighted by molar-refractivity contribution is -0.119. The Morgan fingerprint density at radius 2 is 1.84 bits per heavy atom. The van der Waals surface area contributed by atoms with E-state index in [1.807, 2.05) is 52.0 Å². The maximum absolute atomic E-state index is 13.3. The lowest BCUT2D eigenvalue weighted by Crippen LogP contribution is -2.42.